The summed E-state index contributed by atoms with van der Waals surface area (Å²) < 4.78 is 1.80. The van der Waals surface area contributed by atoms with Gasteiger partial charge in [0.05, 0.1) is 5.69 Å². The molecule has 20 heavy (non-hydrogen) atoms. The highest BCUT2D eigenvalue weighted by Crippen LogP contribution is 2.16. The van der Waals surface area contributed by atoms with Crippen LogP contribution in [0.25, 0.3) is 0 Å². The van der Waals surface area contributed by atoms with E-state index in [2.05, 4.69) is 24.1 Å². The molecule has 1 N–H and O–H groups in total. The van der Waals surface area contributed by atoms with Crippen molar-refractivity contribution in [2.75, 3.05) is 25.0 Å². The number of nitrogens with zero attached hydrogens (tertiary/aromatic N) is 2. The maximum atomic E-state index is 11.7. The number of rotatable bonds is 5. The lowest BCUT2D eigenvalue weighted by molar-refractivity contribution is 0.300. The fourth-order valence-electron chi connectivity index (χ4n) is 2.88. The third-order valence-corrected chi connectivity index (χ3v) is 4.09. The summed E-state index contributed by atoms with van der Waals surface area (Å²) >= 11 is 0. The van der Waals surface area contributed by atoms with Crippen LogP contribution in [0.15, 0.2) is 23.1 Å². The van der Waals surface area contributed by atoms with E-state index in [0.717, 1.165) is 25.2 Å². The fourth-order valence-corrected chi connectivity index (χ4v) is 2.88. The van der Waals surface area contributed by atoms with Gasteiger partial charge in [-0.15, -0.1) is 0 Å². The number of hydrogen-bond acceptors (Lipinski definition) is 3. The van der Waals surface area contributed by atoms with E-state index in [0.29, 0.717) is 6.04 Å². The first-order valence-electron chi connectivity index (χ1n) is 7.92. The Labute approximate surface area is 121 Å². The van der Waals surface area contributed by atoms with Crippen molar-refractivity contribution in [3.63, 3.8) is 0 Å². The summed E-state index contributed by atoms with van der Waals surface area (Å²) in [6.45, 7) is 8.65. The third kappa shape index (κ3) is 4.10. The van der Waals surface area contributed by atoms with Crippen LogP contribution < -0.4 is 10.9 Å². The Balaban J connectivity index is 1.99. The van der Waals surface area contributed by atoms with Crippen molar-refractivity contribution < 1.29 is 0 Å². The van der Waals surface area contributed by atoms with E-state index in [1.807, 2.05) is 12.3 Å². The molecule has 1 fully saturated rings. The first-order valence-corrected chi connectivity index (χ1v) is 7.92. The monoisotopic (exact) mass is 277 g/mol. The van der Waals surface area contributed by atoms with E-state index in [-0.39, 0.29) is 5.56 Å². The second-order valence-electron chi connectivity index (χ2n) is 5.66. The molecule has 1 aliphatic heterocycles. The lowest BCUT2D eigenvalue weighted by Gasteiger charge is -2.19. The van der Waals surface area contributed by atoms with Crippen molar-refractivity contribution in [2.24, 2.45) is 0 Å². The van der Waals surface area contributed by atoms with Gasteiger partial charge in [-0.25, -0.2) is 0 Å². The van der Waals surface area contributed by atoms with E-state index in [4.69, 9.17) is 0 Å². The highest BCUT2D eigenvalue weighted by Gasteiger charge is 2.15. The van der Waals surface area contributed by atoms with E-state index in [9.17, 15) is 4.79 Å². The quantitative estimate of drug-likeness (QED) is 0.898. The van der Waals surface area contributed by atoms with Gasteiger partial charge in [-0.1, -0.05) is 13.8 Å². The normalized spacial score (nSPS) is 20.6. The Morgan fingerprint density at radius 1 is 1.25 bits per heavy atom. The molecule has 0 aliphatic carbocycles. The van der Waals surface area contributed by atoms with Crippen molar-refractivity contribution in [2.45, 2.75) is 52.1 Å². The number of hydrogen-bond donors (Lipinski definition) is 1. The standard InChI is InChI=1S/C16H27N3O/c1-3-10-19-13-15(7-8-16(19)20)17-14-6-5-11-18(4-2)12-9-14/h7-8,13-14,17H,3-6,9-12H2,1-2H3. The highest BCUT2D eigenvalue weighted by molar-refractivity contribution is 5.41. The molecule has 4 nitrogen and oxygen atoms in total. The van der Waals surface area contributed by atoms with E-state index >= 15 is 0 Å². The predicted octanol–water partition coefficient (Wildman–Crippen LogP) is 2.54. The summed E-state index contributed by atoms with van der Waals surface area (Å²) in [5, 5.41) is 3.61. The average molecular weight is 277 g/mol. The van der Waals surface area contributed by atoms with Crippen LogP contribution in [0.4, 0.5) is 5.69 Å². The summed E-state index contributed by atoms with van der Waals surface area (Å²) in [5.41, 5.74) is 1.17. The molecule has 1 aliphatic rings. The second-order valence-corrected chi connectivity index (χ2v) is 5.66. The minimum atomic E-state index is 0.0930. The zero-order valence-electron chi connectivity index (χ0n) is 12.8. The molecule has 1 aromatic rings. The Morgan fingerprint density at radius 2 is 2.10 bits per heavy atom. The molecule has 0 amide bonds. The molecule has 0 saturated carbocycles. The Hall–Kier alpha value is -1.29. The summed E-state index contributed by atoms with van der Waals surface area (Å²) in [4.78, 5) is 14.2. The molecule has 1 atom stereocenters. The van der Waals surface area contributed by atoms with Gasteiger partial charge in [0, 0.05) is 31.4 Å². The Kier molecular flexibility index (Phi) is 5.65. The SMILES string of the molecule is CCCn1cc(NC2CCCN(CC)CC2)ccc1=O. The van der Waals surface area contributed by atoms with Crippen LogP contribution in [0.2, 0.25) is 0 Å². The molecule has 1 aromatic heterocycles. The van der Waals surface area contributed by atoms with Gasteiger partial charge in [0.25, 0.3) is 5.56 Å². The van der Waals surface area contributed by atoms with Crippen molar-refractivity contribution in [1.29, 1.82) is 0 Å². The molecular weight excluding hydrogens is 250 g/mol. The highest BCUT2D eigenvalue weighted by atomic mass is 16.1. The van der Waals surface area contributed by atoms with Crippen LogP contribution in [0, 0.1) is 0 Å². The van der Waals surface area contributed by atoms with Crippen LogP contribution in [0.1, 0.15) is 39.5 Å². The van der Waals surface area contributed by atoms with Gasteiger partial charge in [-0.05, 0) is 44.8 Å². The smallest absolute Gasteiger partial charge is 0.250 e. The zero-order valence-corrected chi connectivity index (χ0v) is 12.8. The van der Waals surface area contributed by atoms with Crippen LogP contribution in [0.5, 0.6) is 0 Å². The molecule has 0 aromatic carbocycles. The fraction of sp³-hybridized carbons (Fsp3) is 0.688. The summed E-state index contributed by atoms with van der Waals surface area (Å²) in [6, 6.07) is 4.11. The van der Waals surface area contributed by atoms with Gasteiger partial charge >= 0.3 is 0 Å². The molecule has 0 radical (unpaired) electrons. The first kappa shape index (κ1) is 15.1. The third-order valence-electron chi connectivity index (χ3n) is 4.09. The summed E-state index contributed by atoms with van der Waals surface area (Å²) in [5.74, 6) is 0. The van der Waals surface area contributed by atoms with Crippen molar-refractivity contribution in [3.05, 3.63) is 28.7 Å². The van der Waals surface area contributed by atoms with Crippen molar-refractivity contribution in [3.8, 4) is 0 Å². The number of pyridine rings is 1. The van der Waals surface area contributed by atoms with Crippen molar-refractivity contribution in [1.82, 2.24) is 9.47 Å². The molecular formula is C16H27N3O. The maximum Gasteiger partial charge on any atom is 0.250 e. The van der Waals surface area contributed by atoms with E-state index in [1.54, 1.807) is 10.6 Å². The second kappa shape index (κ2) is 7.48. The summed E-state index contributed by atoms with van der Waals surface area (Å²) in [7, 11) is 0. The van der Waals surface area contributed by atoms with Gasteiger partial charge in [-0.2, -0.15) is 0 Å². The largest absolute Gasteiger partial charge is 0.381 e. The molecule has 4 heteroatoms. The first-order chi connectivity index (χ1) is 9.72. The molecule has 0 spiro atoms. The van der Waals surface area contributed by atoms with Gasteiger partial charge in [0.2, 0.25) is 0 Å². The Bertz CT molecular complexity index is 469. The van der Waals surface area contributed by atoms with Gasteiger partial charge in [0.1, 0.15) is 0 Å². The lowest BCUT2D eigenvalue weighted by atomic mass is 10.1. The molecule has 1 saturated heterocycles. The molecule has 2 rings (SSSR count). The molecule has 1 unspecified atom stereocenters. The van der Waals surface area contributed by atoms with E-state index < -0.39 is 0 Å². The van der Waals surface area contributed by atoms with Crippen LogP contribution in [-0.4, -0.2) is 35.1 Å². The van der Waals surface area contributed by atoms with Crippen LogP contribution in [-0.2, 0) is 6.54 Å². The number of nitrogens with one attached hydrogen (secondary N) is 1. The topological polar surface area (TPSA) is 37.3 Å². The van der Waals surface area contributed by atoms with E-state index in [1.165, 1.54) is 32.4 Å². The maximum absolute atomic E-state index is 11.7. The van der Waals surface area contributed by atoms with Crippen molar-refractivity contribution >= 4 is 5.69 Å². The van der Waals surface area contributed by atoms with Gasteiger partial charge < -0.3 is 14.8 Å². The average Bonchev–Trinajstić information content (AvgIpc) is 2.68. The zero-order chi connectivity index (χ0) is 14.4. The van der Waals surface area contributed by atoms with Crippen LogP contribution in [0.3, 0.4) is 0 Å². The minimum absolute atomic E-state index is 0.0930. The molecule has 112 valence electrons. The predicted molar refractivity (Wildman–Crippen MR) is 84.4 cm³/mol. The number of anilines is 1. The number of aryl methyl sites for hydroxylation is 1. The van der Waals surface area contributed by atoms with Gasteiger partial charge in [-0.3, -0.25) is 4.79 Å². The molecule has 2 heterocycles. The number of likely N-dealkylation sites (tertiary alicyclic amines) is 1. The summed E-state index contributed by atoms with van der Waals surface area (Å²) in [6.07, 6.45) is 6.59. The lowest BCUT2D eigenvalue weighted by Crippen LogP contribution is -2.26. The number of aromatic nitrogens is 1. The van der Waals surface area contributed by atoms with Crippen LogP contribution >= 0.6 is 0 Å². The van der Waals surface area contributed by atoms with Gasteiger partial charge in [0.15, 0.2) is 0 Å². The molecule has 0 bridgehead atoms. The minimum Gasteiger partial charge on any atom is -0.381 e. The Morgan fingerprint density at radius 3 is 2.85 bits per heavy atom.